The monoisotopic (exact) mass is 598 g/mol. The van der Waals surface area contributed by atoms with Crippen LogP contribution in [0.15, 0.2) is 53.8 Å². The molecule has 1 unspecified atom stereocenters. The maximum absolute atomic E-state index is 13.2. The Hall–Kier alpha value is -2.12. The number of ether oxygens (including phenoxy) is 2. The lowest BCUT2D eigenvalue weighted by molar-refractivity contribution is -0.202. The topological polar surface area (TPSA) is 113 Å². The first kappa shape index (κ1) is 22.7. The molecule has 0 bridgehead atoms. The van der Waals surface area contributed by atoms with Crippen molar-refractivity contribution in [2.75, 3.05) is 25.0 Å². The number of anilines is 1. The Kier molecular flexibility index (Phi) is 5.90. The molecule has 0 amide bonds. The van der Waals surface area contributed by atoms with Crippen LogP contribution in [0, 0.1) is 6.92 Å². The van der Waals surface area contributed by atoms with E-state index in [-0.39, 0.29) is 4.90 Å². The van der Waals surface area contributed by atoms with Crippen molar-refractivity contribution in [1.29, 1.82) is 0 Å². The Bertz CT molecular complexity index is 1440. The molecule has 3 aromatic heterocycles. The number of aryl methyl sites for hydroxylation is 1. The zero-order valence-corrected chi connectivity index (χ0v) is 21.7. The molecule has 1 saturated heterocycles. The lowest BCUT2D eigenvalue weighted by Gasteiger charge is -2.40. The minimum Gasteiger partial charge on any atom is -0.375 e. The second kappa shape index (κ2) is 8.58. The number of nitrogens with zero attached hydrogens (tertiary/aromatic N) is 5. The van der Waals surface area contributed by atoms with Crippen molar-refractivity contribution in [3.05, 3.63) is 60.2 Å². The molecule has 1 aliphatic rings. The van der Waals surface area contributed by atoms with Crippen molar-refractivity contribution in [3.8, 4) is 5.82 Å². The van der Waals surface area contributed by atoms with Crippen LogP contribution in [-0.2, 0) is 25.1 Å². The van der Waals surface area contributed by atoms with Crippen LogP contribution in [-0.4, -0.2) is 53.1 Å². The van der Waals surface area contributed by atoms with Gasteiger partial charge in [-0.3, -0.25) is 4.72 Å². The minimum absolute atomic E-state index is 0.0287. The molecule has 0 radical (unpaired) electrons. The SMILES string of the molecule is COC1(c2ccnc(-n3cc(S(=O)(=O)Nc4cccc5c4c(C)nn5PI)cn3)c2)COC1. The van der Waals surface area contributed by atoms with Gasteiger partial charge >= 0.3 is 0 Å². The van der Waals surface area contributed by atoms with E-state index in [1.165, 1.54) is 17.1 Å². The van der Waals surface area contributed by atoms with Gasteiger partial charge < -0.3 is 9.47 Å². The van der Waals surface area contributed by atoms with E-state index in [1.54, 1.807) is 19.4 Å². The Morgan fingerprint density at radius 2 is 2.12 bits per heavy atom. The van der Waals surface area contributed by atoms with E-state index in [9.17, 15) is 8.42 Å². The molecule has 0 aliphatic carbocycles. The number of nitrogens with one attached hydrogen (secondary N) is 1. The minimum atomic E-state index is -3.89. The third-order valence-electron chi connectivity index (χ3n) is 5.64. The van der Waals surface area contributed by atoms with Gasteiger partial charge in [0.25, 0.3) is 10.0 Å². The van der Waals surface area contributed by atoms with Gasteiger partial charge in [0.15, 0.2) is 5.82 Å². The highest BCUT2D eigenvalue weighted by atomic mass is 127. The highest BCUT2D eigenvalue weighted by Gasteiger charge is 2.41. The van der Waals surface area contributed by atoms with Gasteiger partial charge in [0.1, 0.15) is 10.5 Å². The maximum Gasteiger partial charge on any atom is 0.265 e. The molecule has 1 fully saturated rings. The number of aromatic nitrogens is 5. The summed E-state index contributed by atoms with van der Waals surface area (Å²) >= 11 is 2.25. The molecular formula is C20H20IN6O4PS. The lowest BCUT2D eigenvalue weighted by Crippen LogP contribution is -2.48. The molecule has 1 aromatic carbocycles. The van der Waals surface area contributed by atoms with Crippen LogP contribution >= 0.6 is 28.4 Å². The summed E-state index contributed by atoms with van der Waals surface area (Å²) in [6, 6.07) is 9.15. The fourth-order valence-electron chi connectivity index (χ4n) is 3.79. The van der Waals surface area contributed by atoms with Crippen molar-refractivity contribution < 1.29 is 17.9 Å². The first-order chi connectivity index (χ1) is 15.9. The molecule has 1 aliphatic heterocycles. The van der Waals surface area contributed by atoms with E-state index < -0.39 is 15.6 Å². The number of rotatable bonds is 7. The molecule has 4 aromatic rings. The number of sulfonamides is 1. The van der Waals surface area contributed by atoms with E-state index in [4.69, 9.17) is 9.47 Å². The molecule has 0 spiro atoms. The average Bonchev–Trinajstić information content (AvgIpc) is 3.40. The first-order valence-corrected chi connectivity index (χ1v) is 15.4. The van der Waals surface area contributed by atoms with Gasteiger partial charge in [-0.2, -0.15) is 10.2 Å². The molecule has 1 atom stereocenters. The van der Waals surface area contributed by atoms with Crippen molar-refractivity contribution in [1.82, 2.24) is 24.3 Å². The van der Waals surface area contributed by atoms with Gasteiger partial charge in [0.05, 0.1) is 48.9 Å². The number of halogens is 1. The molecule has 33 heavy (non-hydrogen) atoms. The highest BCUT2D eigenvalue weighted by Crippen LogP contribution is 2.35. The van der Waals surface area contributed by atoms with E-state index in [0.29, 0.717) is 31.1 Å². The van der Waals surface area contributed by atoms with Crippen molar-refractivity contribution in [3.63, 3.8) is 0 Å². The summed E-state index contributed by atoms with van der Waals surface area (Å²) in [5, 5.41) is 9.51. The van der Waals surface area contributed by atoms with Crippen LogP contribution in [0.3, 0.4) is 0 Å². The third-order valence-corrected chi connectivity index (χ3v) is 8.84. The Morgan fingerprint density at radius 1 is 1.30 bits per heavy atom. The molecule has 172 valence electrons. The van der Waals surface area contributed by atoms with Crippen LogP contribution in [0.1, 0.15) is 11.3 Å². The number of benzene rings is 1. The Morgan fingerprint density at radius 3 is 2.82 bits per heavy atom. The van der Waals surface area contributed by atoms with Crippen LogP contribution in [0.2, 0.25) is 0 Å². The molecule has 10 nitrogen and oxygen atoms in total. The van der Waals surface area contributed by atoms with E-state index >= 15 is 0 Å². The quantitative estimate of drug-likeness (QED) is 0.257. The zero-order chi connectivity index (χ0) is 23.2. The highest BCUT2D eigenvalue weighted by molar-refractivity contribution is 14.2. The smallest absolute Gasteiger partial charge is 0.265 e. The summed E-state index contributed by atoms with van der Waals surface area (Å²) < 4.78 is 43.3. The zero-order valence-electron chi connectivity index (χ0n) is 17.7. The Balaban J connectivity index is 1.46. The molecule has 5 rings (SSSR count). The van der Waals surface area contributed by atoms with Crippen LogP contribution in [0.25, 0.3) is 16.7 Å². The molecular weight excluding hydrogens is 578 g/mol. The van der Waals surface area contributed by atoms with E-state index in [0.717, 1.165) is 22.2 Å². The lowest BCUT2D eigenvalue weighted by atomic mass is 9.92. The second-order valence-corrected chi connectivity index (χ2v) is 11.3. The van der Waals surface area contributed by atoms with Crippen LogP contribution < -0.4 is 4.72 Å². The van der Waals surface area contributed by atoms with Gasteiger partial charge in [0, 0.05) is 18.7 Å². The fourth-order valence-corrected chi connectivity index (χ4v) is 6.36. The van der Waals surface area contributed by atoms with Gasteiger partial charge in [-0.15, -0.1) is 0 Å². The van der Waals surface area contributed by atoms with Gasteiger partial charge in [0.2, 0.25) is 0 Å². The molecule has 13 heteroatoms. The summed E-state index contributed by atoms with van der Waals surface area (Å²) in [7, 11) is -2.25. The van der Waals surface area contributed by atoms with Crippen molar-refractivity contribution in [2.45, 2.75) is 17.4 Å². The van der Waals surface area contributed by atoms with Crippen molar-refractivity contribution in [2.24, 2.45) is 0 Å². The normalized spacial score (nSPS) is 15.8. The first-order valence-electron chi connectivity index (χ1n) is 9.89. The standard InChI is InChI=1S/C20H20IN6O4PS/c1-13-19-16(4-3-5-17(19)27(24-13)32-21)25-33(28,29)15-9-23-26(10-15)18-8-14(6-7-22-18)20(30-2)11-31-12-20/h3-10,25,32H,11-12H2,1-2H3. The second-order valence-electron chi connectivity index (χ2n) is 7.60. The number of fused-ring (bicyclic) bond motifs is 1. The summed E-state index contributed by atoms with van der Waals surface area (Å²) in [5.74, 6) is 0.486. The number of methoxy groups -OCH3 is 1. The van der Waals surface area contributed by atoms with Crippen molar-refractivity contribution >= 4 is 55.0 Å². The molecule has 1 N–H and O–H groups in total. The predicted molar refractivity (Wildman–Crippen MR) is 134 cm³/mol. The van der Waals surface area contributed by atoms with E-state index in [1.807, 2.05) is 35.6 Å². The molecule has 4 heterocycles. The third kappa shape index (κ3) is 3.93. The van der Waals surface area contributed by atoms with Gasteiger partial charge in [-0.25, -0.2) is 22.5 Å². The summed E-state index contributed by atoms with van der Waals surface area (Å²) in [5.41, 5.74) is 2.50. The predicted octanol–water partition coefficient (Wildman–Crippen LogP) is 3.39. The maximum atomic E-state index is 13.2. The summed E-state index contributed by atoms with van der Waals surface area (Å²) in [4.78, 5) is 4.37. The molecule has 0 saturated carbocycles. The number of hydrogen-bond acceptors (Lipinski definition) is 7. The summed E-state index contributed by atoms with van der Waals surface area (Å²) in [6.45, 7) is 2.77. The number of pyridine rings is 1. The Labute approximate surface area is 205 Å². The van der Waals surface area contributed by atoms with Crippen LogP contribution in [0.5, 0.6) is 0 Å². The number of hydrogen-bond donors (Lipinski definition) is 1. The van der Waals surface area contributed by atoms with Gasteiger partial charge in [-0.05, 0) is 58.8 Å². The summed E-state index contributed by atoms with van der Waals surface area (Å²) in [6.07, 6.45) is 4.80. The largest absolute Gasteiger partial charge is 0.375 e. The fraction of sp³-hybridized carbons (Fsp3) is 0.250. The van der Waals surface area contributed by atoms with Gasteiger partial charge in [-0.1, -0.05) is 6.07 Å². The van der Waals surface area contributed by atoms with Crippen LogP contribution in [0.4, 0.5) is 5.69 Å². The van der Waals surface area contributed by atoms with E-state index in [2.05, 4.69) is 41.9 Å². The average molecular weight is 598 g/mol.